The molecule has 1 saturated heterocycles. The van der Waals surface area contributed by atoms with Crippen LogP contribution in [0.15, 0.2) is 48.0 Å². The highest BCUT2D eigenvalue weighted by molar-refractivity contribution is 6.46. The number of hydrogen-bond donors (Lipinski definition) is 1. The van der Waals surface area contributed by atoms with Gasteiger partial charge in [-0.15, -0.1) is 0 Å². The van der Waals surface area contributed by atoms with Gasteiger partial charge in [-0.25, -0.2) is 0 Å². The fourth-order valence-corrected chi connectivity index (χ4v) is 3.75. The number of aliphatic hydroxyl groups excluding tert-OH is 1. The first-order chi connectivity index (χ1) is 13.9. The SMILES string of the molecule is CCCN1C(=O)C(=O)/C(=C(/O)c2cc(OC)c(Cl)cc2OC)C1c1ccccc1. The number of ether oxygens (including phenoxy) is 2. The number of ketones is 1. The molecule has 0 spiro atoms. The van der Waals surface area contributed by atoms with Crippen LogP contribution in [0.4, 0.5) is 0 Å². The van der Waals surface area contributed by atoms with Gasteiger partial charge in [-0.2, -0.15) is 0 Å². The molecule has 0 radical (unpaired) electrons. The highest BCUT2D eigenvalue weighted by atomic mass is 35.5. The van der Waals surface area contributed by atoms with Gasteiger partial charge in [0.05, 0.1) is 36.4 Å². The Hall–Kier alpha value is -2.99. The number of amides is 1. The van der Waals surface area contributed by atoms with Crippen LogP contribution in [0.1, 0.15) is 30.5 Å². The predicted octanol–water partition coefficient (Wildman–Crippen LogP) is 4.19. The Morgan fingerprint density at radius 1 is 1.10 bits per heavy atom. The van der Waals surface area contributed by atoms with Crippen molar-refractivity contribution in [3.63, 3.8) is 0 Å². The zero-order chi connectivity index (χ0) is 21.1. The van der Waals surface area contributed by atoms with Crippen molar-refractivity contribution in [3.05, 3.63) is 64.2 Å². The first kappa shape index (κ1) is 20.7. The van der Waals surface area contributed by atoms with Gasteiger partial charge in [-0.3, -0.25) is 9.59 Å². The van der Waals surface area contributed by atoms with Gasteiger partial charge >= 0.3 is 0 Å². The van der Waals surface area contributed by atoms with Crippen LogP contribution in [0.25, 0.3) is 5.76 Å². The Morgan fingerprint density at radius 2 is 1.76 bits per heavy atom. The number of carbonyl (C=O) groups excluding carboxylic acids is 2. The van der Waals surface area contributed by atoms with E-state index < -0.39 is 17.7 Å². The first-order valence-corrected chi connectivity index (χ1v) is 9.57. The minimum absolute atomic E-state index is 0.0114. The van der Waals surface area contributed by atoms with Crippen molar-refractivity contribution < 1.29 is 24.2 Å². The van der Waals surface area contributed by atoms with Crippen molar-refractivity contribution in [1.29, 1.82) is 0 Å². The van der Waals surface area contributed by atoms with Gasteiger partial charge in [0.2, 0.25) is 0 Å². The van der Waals surface area contributed by atoms with Crippen LogP contribution in [0, 0.1) is 0 Å². The third-order valence-electron chi connectivity index (χ3n) is 4.85. The maximum absolute atomic E-state index is 12.9. The summed E-state index contributed by atoms with van der Waals surface area (Å²) < 4.78 is 10.6. The van der Waals surface area contributed by atoms with Crippen LogP contribution in [0.2, 0.25) is 5.02 Å². The Bertz CT molecular complexity index is 971. The second-order valence-corrected chi connectivity index (χ2v) is 7.00. The lowest BCUT2D eigenvalue weighted by molar-refractivity contribution is -0.139. The number of rotatable bonds is 6. The van der Waals surface area contributed by atoms with Gasteiger partial charge in [0.1, 0.15) is 17.3 Å². The maximum atomic E-state index is 12.9. The minimum Gasteiger partial charge on any atom is -0.507 e. The molecule has 0 saturated carbocycles. The van der Waals surface area contributed by atoms with Gasteiger partial charge in [-0.1, -0.05) is 48.9 Å². The van der Waals surface area contributed by atoms with Gasteiger partial charge in [0.25, 0.3) is 11.7 Å². The Morgan fingerprint density at radius 3 is 2.34 bits per heavy atom. The lowest BCUT2D eigenvalue weighted by Gasteiger charge is -2.25. The molecule has 2 aromatic rings. The standard InChI is InChI=1S/C22H22ClNO5/c1-4-10-24-19(13-8-6-5-7-9-13)18(21(26)22(24)27)20(25)14-11-17(29-3)15(23)12-16(14)28-2/h5-9,11-12,19,25H,4,10H2,1-3H3/b20-18+. The molecule has 1 atom stereocenters. The van der Waals surface area contributed by atoms with E-state index in [1.807, 2.05) is 37.3 Å². The van der Waals surface area contributed by atoms with E-state index in [4.69, 9.17) is 21.1 Å². The Labute approximate surface area is 174 Å². The van der Waals surface area contributed by atoms with E-state index in [-0.39, 0.29) is 22.6 Å². The Balaban J connectivity index is 2.26. The van der Waals surface area contributed by atoms with Gasteiger partial charge in [-0.05, 0) is 18.1 Å². The molecular weight excluding hydrogens is 394 g/mol. The molecule has 1 aliphatic heterocycles. The van der Waals surface area contributed by atoms with Crippen LogP contribution in [-0.2, 0) is 9.59 Å². The number of nitrogens with zero attached hydrogens (tertiary/aromatic N) is 1. The van der Waals surface area contributed by atoms with Crippen LogP contribution < -0.4 is 9.47 Å². The number of hydrogen-bond acceptors (Lipinski definition) is 5. The number of halogens is 1. The first-order valence-electron chi connectivity index (χ1n) is 9.19. The van der Waals surface area contributed by atoms with E-state index in [2.05, 4.69) is 0 Å². The van der Waals surface area contributed by atoms with Crippen molar-refractivity contribution in [3.8, 4) is 11.5 Å². The van der Waals surface area contributed by atoms with E-state index in [9.17, 15) is 14.7 Å². The van der Waals surface area contributed by atoms with Crippen molar-refractivity contribution in [2.45, 2.75) is 19.4 Å². The molecule has 1 aliphatic rings. The normalized spacial score (nSPS) is 18.2. The fourth-order valence-electron chi connectivity index (χ4n) is 3.52. The molecule has 0 bridgehead atoms. The van der Waals surface area contributed by atoms with Crippen LogP contribution in [0.3, 0.4) is 0 Å². The number of methoxy groups -OCH3 is 2. The van der Waals surface area contributed by atoms with E-state index in [1.54, 1.807) is 0 Å². The summed E-state index contributed by atoms with van der Waals surface area (Å²) in [5, 5.41) is 11.4. The van der Waals surface area contributed by atoms with E-state index in [0.29, 0.717) is 23.7 Å². The molecule has 1 fully saturated rings. The zero-order valence-electron chi connectivity index (χ0n) is 16.4. The second-order valence-electron chi connectivity index (χ2n) is 6.59. The summed E-state index contributed by atoms with van der Waals surface area (Å²) >= 11 is 6.15. The van der Waals surface area contributed by atoms with Crippen molar-refractivity contribution in [1.82, 2.24) is 4.90 Å². The van der Waals surface area contributed by atoms with Gasteiger partial charge < -0.3 is 19.5 Å². The van der Waals surface area contributed by atoms with Gasteiger partial charge in [0.15, 0.2) is 0 Å². The molecule has 6 nitrogen and oxygen atoms in total. The summed E-state index contributed by atoms with van der Waals surface area (Å²) in [5.74, 6) is -1.12. The van der Waals surface area contributed by atoms with Crippen molar-refractivity contribution in [2.24, 2.45) is 0 Å². The number of Topliss-reactive ketones (excluding diaryl/α,β-unsaturated/α-hetero) is 1. The molecular formula is C22H22ClNO5. The number of likely N-dealkylation sites (tertiary alicyclic amines) is 1. The van der Waals surface area contributed by atoms with E-state index in [1.165, 1.54) is 31.3 Å². The summed E-state index contributed by atoms with van der Waals surface area (Å²) in [6, 6.07) is 11.4. The number of carbonyl (C=O) groups is 2. The van der Waals surface area contributed by atoms with E-state index in [0.717, 1.165) is 5.56 Å². The molecule has 1 unspecified atom stereocenters. The molecule has 1 N–H and O–H groups in total. The highest BCUT2D eigenvalue weighted by Crippen LogP contribution is 2.42. The average Bonchev–Trinajstić information content (AvgIpc) is 2.99. The molecule has 0 aliphatic carbocycles. The molecule has 0 aromatic heterocycles. The third kappa shape index (κ3) is 3.68. The lowest BCUT2D eigenvalue weighted by atomic mass is 9.95. The topological polar surface area (TPSA) is 76.1 Å². The molecule has 29 heavy (non-hydrogen) atoms. The minimum atomic E-state index is -0.735. The summed E-state index contributed by atoms with van der Waals surface area (Å²) in [4.78, 5) is 27.1. The van der Waals surface area contributed by atoms with E-state index >= 15 is 0 Å². The molecule has 1 amide bonds. The highest BCUT2D eigenvalue weighted by Gasteiger charge is 2.45. The molecule has 7 heteroatoms. The zero-order valence-corrected chi connectivity index (χ0v) is 17.2. The van der Waals surface area contributed by atoms with Crippen LogP contribution in [0.5, 0.6) is 11.5 Å². The number of aliphatic hydroxyl groups is 1. The Kier molecular flexibility index (Phi) is 6.13. The second kappa shape index (κ2) is 8.57. The molecule has 3 rings (SSSR count). The van der Waals surface area contributed by atoms with Crippen LogP contribution in [-0.4, -0.2) is 42.5 Å². The third-order valence-corrected chi connectivity index (χ3v) is 5.14. The van der Waals surface area contributed by atoms with Crippen molar-refractivity contribution >= 4 is 29.1 Å². The number of benzene rings is 2. The quantitative estimate of drug-likeness (QED) is 0.435. The average molecular weight is 416 g/mol. The fraction of sp³-hybridized carbons (Fsp3) is 0.273. The monoisotopic (exact) mass is 415 g/mol. The maximum Gasteiger partial charge on any atom is 0.295 e. The molecule has 2 aromatic carbocycles. The summed E-state index contributed by atoms with van der Waals surface area (Å²) in [6.45, 7) is 2.32. The molecule has 1 heterocycles. The lowest BCUT2D eigenvalue weighted by Crippen LogP contribution is -2.30. The summed E-state index contributed by atoms with van der Waals surface area (Å²) in [7, 11) is 2.88. The predicted molar refractivity (Wildman–Crippen MR) is 110 cm³/mol. The van der Waals surface area contributed by atoms with Gasteiger partial charge in [0, 0.05) is 12.6 Å². The summed E-state index contributed by atoms with van der Waals surface area (Å²) in [5.41, 5.74) is 0.975. The smallest absolute Gasteiger partial charge is 0.295 e. The van der Waals surface area contributed by atoms with Crippen molar-refractivity contribution in [2.75, 3.05) is 20.8 Å². The van der Waals surface area contributed by atoms with Crippen LogP contribution >= 0.6 is 11.6 Å². The largest absolute Gasteiger partial charge is 0.507 e. The summed E-state index contributed by atoms with van der Waals surface area (Å²) in [6.07, 6.45) is 0.675. The molecule has 152 valence electrons.